The van der Waals surface area contributed by atoms with Gasteiger partial charge >= 0.3 is 0 Å². The van der Waals surface area contributed by atoms with Crippen molar-refractivity contribution >= 4 is 34.0 Å². The van der Waals surface area contributed by atoms with Crippen molar-refractivity contribution in [2.45, 2.75) is 13.8 Å². The molecule has 1 heterocycles. The van der Waals surface area contributed by atoms with E-state index in [0.29, 0.717) is 28.2 Å². The molecule has 2 aromatic rings. The maximum absolute atomic E-state index is 12.1. The average molecular weight is 291 g/mol. The number of fused-ring (bicyclic) bond motifs is 1. The molecule has 0 saturated carbocycles. The lowest BCUT2D eigenvalue weighted by Crippen LogP contribution is -2.20. The van der Waals surface area contributed by atoms with E-state index in [9.17, 15) is 9.59 Å². The number of H-pyrrole nitrogens is 1. The molecule has 5 heteroatoms. The number of carbonyl (C=O) groups is 1. The normalized spacial score (nSPS) is 10.6. The predicted octanol–water partition coefficient (Wildman–Crippen LogP) is 3.29. The molecule has 0 unspecified atom stereocenters. The van der Waals surface area contributed by atoms with E-state index in [1.165, 1.54) is 6.92 Å². The van der Waals surface area contributed by atoms with Crippen molar-refractivity contribution in [3.8, 4) is 0 Å². The third-order valence-electron chi connectivity index (χ3n) is 3.09. The highest BCUT2D eigenvalue weighted by Gasteiger charge is 2.18. The van der Waals surface area contributed by atoms with Crippen LogP contribution in [0.4, 0.5) is 5.69 Å². The Labute approximate surface area is 121 Å². The fraction of sp³-hybridized carbons (Fsp3) is 0.200. The minimum atomic E-state index is -0.420. The molecule has 0 aliphatic rings. The summed E-state index contributed by atoms with van der Waals surface area (Å²) in [4.78, 5) is 26.5. The van der Waals surface area contributed by atoms with E-state index in [-0.39, 0.29) is 11.3 Å². The second kappa shape index (κ2) is 5.51. The smallest absolute Gasteiger partial charge is 0.261 e. The van der Waals surface area contributed by atoms with Crippen LogP contribution in [-0.4, -0.2) is 17.3 Å². The number of aryl methyl sites for hydroxylation is 1. The first-order chi connectivity index (χ1) is 9.47. The Kier molecular flexibility index (Phi) is 3.95. The number of halogens is 1. The largest absolute Gasteiger partial charge is 0.380 e. The fourth-order valence-electron chi connectivity index (χ4n) is 2.14. The molecule has 2 N–H and O–H groups in total. The monoisotopic (exact) mass is 290 g/mol. The number of anilines is 1. The van der Waals surface area contributed by atoms with Crippen LogP contribution in [0, 0.1) is 6.92 Å². The molecule has 20 heavy (non-hydrogen) atoms. The first kappa shape index (κ1) is 14.3. The minimum absolute atomic E-state index is 0.0897. The van der Waals surface area contributed by atoms with Gasteiger partial charge in [0.25, 0.3) is 5.56 Å². The first-order valence-corrected chi connectivity index (χ1v) is 6.56. The Hall–Kier alpha value is -2.07. The van der Waals surface area contributed by atoms with Crippen LogP contribution in [0.3, 0.4) is 0 Å². The second-order valence-electron chi connectivity index (χ2n) is 4.55. The number of pyridine rings is 1. The van der Waals surface area contributed by atoms with Crippen LogP contribution < -0.4 is 10.9 Å². The number of aromatic nitrogens is 1. The lowest BCUT2D eigenvalue weighted by atomic mass is 10.0. The van der Waals surface area contributed by atoms with Crippen molar-refractivity contribution in [3.05, 3.63) is 51.3 Å². The molecule has 0 bridgehead atoms. The summed E-state index contributed by atoms with van der Waals surface area (Å²) in [6, 6.07) is 3.60. The highest BCUT2D eigenvalue weighted by Crippen LogP contribution is 2.33. The van der Waals surface area contributed by atoms with Gasteiger partial charge in [0, 0.05) is 11.9 Å². The number of benzene rings is 1. The predicted molar refractivity (Wildman–Crippen MR) is 83.0 cm³/mol. The van der Waals surface area contributed by atoms with Crippen LogP contribution in [0.25, 0.3) is 10.9 Å². The zero-order valence-corrected chi connectivity index (χ0v) is 12.1. The van der Waals surface area contributed by atoms with Gasteiger partial charge in [0.1, 0.15) is 5.56 Å². The van der Waals surface area contributed by atoms with E-state index < -0.39 is 5.56 Å². The van der Waals surface area contributed by atoms with Gasteiger partial charge in [0.15, 0.2) is 5.78 Å². The summed E-state index contributed by atoms with van der Waals surface area (Å²) < 4.78 is 0. The molecule has 1 aromatic carbocycles. The summed E-state index contributed by atoms with van der Waals surface area (Å²) in [5, 5.41) is 4.23. The van der Waals surface area contributed by atoms with Crippen molar-refractivity contribution in [1.29, 1.82) is 0 Å². The highest BCUT2D eigenvalue weighted by molar-refractivity contribution is 6.37. The summed E-state index contributed by atoms with van der Waals surface area (Å²) in [6.45, 7) is 7.29. The van der Waals surface area contributed by atoms with Crippen LogP contribution >= 0.6 is 11.6 Å². The average Bonchev–Trinajstić information content (AvgIpc) is 2.39. The molecule has 104 valence electrons. The van der Waals surface area contributed by atoms with Crippen molar-refractivity contribution in [1.82, 2.24) is 4.98 Å². The molecule has 0 atom stereocenters. The van der Waals surface area contributed by atoms with Crippen LogP contribution in [0.2, 0.25) is 5.02 Å². The van der Waals surface area contributed by atoms with Gasteiger partial charge in [-0.1, -0.05) is 23.7 Å². The molecule has 0 amide bonds. The fourth-order valence-corrected chi connectivity index (χ4v) is 2.40. The van der Waals surface area contributed by atoms with Gasteiger partial charge in [0.2, 0.25) is 0 Å². The zero-order chi connectivity index (χ0) is 14.9. The molecule has 0 aliphatic carbocycles. The van der Waals surface area contributed by atoms with Gasteiger partial charge < -0.3 is 10.3 Å². The summed E-state index contributed by atoms with van der Waals surface area (Å²) in [5.41, 5.74) is 1.61. The minimum Gasteiger partial charge on any atom is -0.380 e. The summed E-state index contributed by atoms with van der Waals surface area (Å²) in [6.07, 6.45) is 1.65. The molecule has 0 spiro atoms. The van der Waals surface area contributed by atoms with Crippen molar-refractivity contribution in [3.63, 3.8) is 0 Å². The van der Waals surface area contributed by atoms with Gasteiger partial charge in [-0.15, -0.1) is 6.58 Å². The molecule has 0 aliphatic heterocycles. The van der Waals surface area contributed by atoms with Crippen LogP contribution in [0.15, 0.2) is 29.6 Å². The van der Waals surface area contributed by atoms with E-state index >= 15 is 0 Å². The highest BCUT2D eigenvalue weighted by atomic mass is 35.5. The maximum Gasteiger partial charge on any atom is 0.261 e. The number of Topliss-reactive ketones (excluding diaryl/α,β-unsaturated/α-hetero) is 1. The summed E-state index contributed by atoms with van der Waals surface area (Å²) in [7, 11) is 0. The van der Waals surface area contributed by atoms with Gasteiger partial charge in [-0.3, -0.25) is 9.59 Å². The Morgan fingerprint density at radius 1 is 1.50 bits per heavy atom. The van der Waals surface area contributed by atoms with E-state index in [1.54, 1.807) is 12.1 Å². The Morgan fingerprint density at radius 2 is 2.20 bits per heavy atom. The number of rotatable bonds is 4. The van der Waals surface area contributed by atoms with E-state index in [2.05, 4.69) is 16.9 Å². The SMILES string of the molecule is C=CCNc1c(C(C)=O)c(=O)[nH]c2ccc(C)c(Cl)c12. The molecule has 4 nitrogen and oxygen atoms in total. The zero-order valence-electron chi connectivity index (χ0n) is 11.3. The molecule has 0 saturated heterocycles. The third kappa shape index (κ3) is 2.34. The van der Waals surface area contributed by atoms with Crippen LogP contribution in [0.1, 0.15) is 22.8 Å². The van der Waals surface area contributed by atoms with Gasteiger partial charge in [-0.25, -0.2) is 0 Å². The van der Waals surface area contributed by atoms with Crippen molar-refractivity contribution in [2.24, 2.45) is 0 Å². The lowest BCUT2D eigenvalue weighted by molar-refractivity contribution is 0.101. The number of hydrogen-bond acceptors (Lipinski definition) is 3. The molecule has 0 fully saturated rings. The number of nitrogens with one attached hydrogen (secondary N) is 2. The van der Waals surface area contributed by atoms with E-state index in [0.717, 1.165) is 5.56 Å². The van der Waals surface area contributed by atoms with Crippen molar-refractivity contribution < 1.29 is 4.79 Å². The van der Waals surface area contributed by atoms with Gasteiger partial charge in [0.05, 0.1) is 16.2 Å². The Balaban J connectivity index is 2.94. The molecular formula is C15H15ClN2O2. The number of carbonyl (C=O) groups excluding carboxylic acids is 1. The molecule has 0 radical (unpaired) electrons. The van der Waals surface area contributed by atoms with E-state index in [1.807, 2.05) is 13.0 Å². The molecule has 1 aromatic heterocycles. The number of aromatic amines is 1. The quantitative estimate of drug-likeness (QED) is 0.671. The molecular weight excluding hydrogens is 276 g/mol. The lowest BCUT2D eigenvalue weighted by Gasteiger charge is -2.14. The third-order valence-corrected chi connectivity index (χ3v) is 3.57. The first-order valence-electron chi connectivity index (χ1n) is 6.18. The Bertz CT molecular complexity index is 763. The Morgan fingerprint density at radius 3 is 2.80 bits per heavy atom. The summed E-state index contributed by atoms with van der Waals surface area (Å²) >= 11 is 6.34. The van der Waals surface area contributed by atoms with Gasteiger partial charge in [-0.05, 0) is 25.5 Å². The van der Waals surface area contributed by atoms with Gasteiger partial charge in [-0.2, -0.15) is 0 Å². The van der Waals surface area contributed by atoms with Crippen LogP contribution in [0.5, 0.6) is 0 Å². The topological polar surface area (TPSA) is 62.0 Å². The van der Waals surface area contributed by atoms with Crippen molar-refractivity contribution in [2.75, 3.05) is 11.9 Å². The number of hydrogen-bond donors (Lipinski definition) is 2. The standard InChI is InChI=1S/C15H15ClN2O2/c1-4-7-17-14-11(9(3)19)15(20)18-10-6-5-8(2)13(16)12(10)14/h4-6H,1,7H2,2-3H3,(H2,17,18,20). The number of ketones is 1. The maximum atomic E-state index is 12.1. The van der Waals surface area contributed by atoms with Crippen LogP contribution in [-0.2, 0) is 0 Å². The summed E-state index contributed by atoms with van der Waals surface area (Å²) in [5.74, 6) is -0.308. The van der Waals surface area contributed by atoms with E-state index in [4.69, 9.17) is 11.6 Å². The molecule has 2 rings (SSSR count). The second-order valence-corrected chi connectivity index (χ2v) is 4.93.